The minimum Gasteiger partial charge on any atom is -0.508 e. The molecule has 0 saturated carbocycles. The van der Waals surface area contributed by atoms with Crippen molar-refractivity contribution in [2.75, 3.05) is 0 Å². The van der Waals surface area contributed by atoms with Crippen molar-refractivity contribution in [3.63, 3.8) is 0 Å². The zero-order chi connectivity index (χ0) is 23.0. The Kier molecular flexibility index (Phi) is 9.21. The van der Waals surface area contributed by atoms with Gasteiger partial charge in [0.25, 0.3) is 0 Å². The second-order valence-electron chi connectivity index (χ2n) is 7.02. The predicted octanol–water partition coefficient (Wildman–Crippen LogP) is -1.78. The SMILES string of the molecule is CC(N)C(=O)NC(C(=O)NC(Cc1ccc(O)cc1)C(=O)NC(C)C(=O)O)C(C)O. The Hall–Kier alpha value is -3.18. The van der Waals surface area contributed by atoms with Crippen molar-refractivity contribution in [3.8, 4) is 5.75 Å². The summed E-state index contributed by atoms with van der Waals surface area (Å²) in [6, 6.07) is 1.14. The normalized spacial score (nSPS) is 15.8. The number of rotatable bonds is 10. The molecular formula is C19H28N4O7. The fourth-order valence-electron chi connectivity index (χ4n) is 2.40. The maximum absolute atomic E-state index is 12.7. The number of phenolic OH excluding ortho intramolecular Hbond substituents is 1. The van der Waals surface area contributed by atoms with Crippen molar-refractivity contribution >= 4 is 23.7 Å². The molecule has 0 bridgehead atoms. The molecule has 166 valence electrons. The molecule has 0 radical (unpaired) electrons. The minimum atomic E-state index is -1.38. The lowest BCUT2D eigenvalue weighted by atomic mass is 10.0. The third-order valence-electron chi connectivity index (χ3n) is 4.21. The highest BCUT2D eigenvalue weighted by Gasteiger charge is 2.31. The van der Waals surface area contributed by atoms with Crippen molar-refractivity contribution < 1.29 is 34.5 Å². The molecule has 11 nitrogen and oxygen atoms in total. The van der Waals surface area contributed by atoms with Crippen LogP contribution in [0, 0.1) is 0 Å². The number of phenols is 1. The third kappa shape index (κ3) is 7.68. The monoisotopic (exact) mass is 424 g/mol. The van der Waals surface area contributed by atoms with Crippen LogP contribution in [-0.2, 0) is 25.6 Å². The molecule has 5 atom stereocenters. The molecule has 11 heteroatoms. The summed E-state index contributed by atoms with van der Waals surface area (Å²) in [7, 11) is 0. The summed E-state index contributed by atoms with van der Waals surface area (Å²) in [4.78, 5) is 48.1. The Bertz CT molecular complexity index is 765. The summed E-state index contributed by atoms with van der Waals surface area (Å²) in [5.41, 5.74) is 6.04. The molecule has 5 unspecified atom stereocenters. The zero-order valence-corrected chi connectivity index (χ0v) is 17.0. The number of carboxylic acid groups (broad SMARTS) is 1. The molecule has 0 aliphatic heterocycles. The number of amides is 3. The molecule has 0 aliphatic rings. The van der Waals surface area contributed by atoms with Crippen LogP contribution in [0.15, 0.2) is 24.3 Å². The van der Waals surface area contributed by atoms with E-state index < -0.39 is 54.0 Å². The van der Waals surface area contributed by atoms with E-state index in [1.165, 1.54) is 45.0 Å². The Morgan fingerprint density at radius 1 is 0.933 bits per heavy atom. The average molecular weight is 424 g/mol. The number of carbonyl (C=O) groups is 4. The highest BCUT2D eigenvalue weighted by atomic mass is 16.4. The molecule has 0 spiro atoms. The van der Waals surface area contributed by atoms with Gasteiger partial charge in [0, 0.05) is 6.42 Å². The molecule has 0 heterocycles. The van der Waals surface area contributed by atoms with E-state index in [1.54, 1.807) is 0 Å². The molecule has 0 saturated heterocycles. The van der Waals surface area contributed by atoms with Crippen molar-refractivity contribution in [3.05, 3.63) is 29.8 Å². The topological polar surface area (TPSA) is 191 Å². The number of aliphatic hydroxyl groups excluding tert-OH is 1. The van der Waals surface area contributed by atoms with Crippen LogP contribution in [-0.4, -0.2) is 69.3 Å². The van der Waals surface area contributed by atoms with Gasteiger partial charge in [-0.25, -0.2) is 0 Å². The number of benzene rings is 1. The van der Waals surface area contributed by atoms with E-state index in [0.717, 1.165) is 0 Å². The largest absolute Gasteiger partial charge is 0.508 e. The lowest BCUT2D eigenvalue weighted by Gasteiger charge is -2.25. The number of carbonyl (C=O) groups excluding carboxylic acids is 3. The summed E-state index contributed by atoms with van der Waals surface area (Å²) in [5, 5.41) is 35.3. The highest BCUT2D eigenvalue weighted by molar-refractivity contribution is 5.94. The van der Waals surface area contributed by atoms with E-state index in [9.17, 15) is 29.4 Å². The molecule has 0 aromatic heterocycles. The van der Waals surface area contributed by atoms with Crippen LogP contribution >= 0.6 is 0 Å². The van der Waals surface area contributed by atoms with Crippen molar-refractivity contribution in [1.82, 2.24) is 16.0 Å². The first-order chi connectivity index (χ1) is 13.9. The van der Waals surface area contributed by atoms with Crippen LogP contribution in [0.1, 0.15) is 26.3 Å². The number of aromatic hydroxyl groups is 1. The molecule has 0 aliphatic carbocycles. The summed E-state index contributed by atoms with van der Waals surface area (Å²) in [6.45, 7) is 3.95. The number of carboxylic acids is 1. The summed E-state index contributed by atoms with van der Waals surface area (Å²) < 4.78 is 0. The standard InChI is InChI=1S/C19H28N4O7/c1-9(20)16(26)23-15(11(3)24)18(28)22-14(17(27)21-10(2)19(29)30)8-12-4-6-13(25)7-5-12/h4-7,9-11,14-15,24-25H,8,20H2,1-3H3,(H,21,27)(H,22,28)(H,23,26)(H,29,30). The molecule has 1 rings (SSSR count). The van der Waals surface area contributed by atoms with Gasteiger partial charge in [-0.15, -0.1) is 0 Å². The van der Waals surface area contributed by atoms with Crippen LogP contribution in [0.4, 0.5) is 0 Å². The molecule has 0 fully saturated rings. The Morgan fingerprint density at radius 3 is 1.97 bits per heavy atom. The number of nitrogens with one attached hydrogen (secondary N) is 3. The molecule has 1 aromatic carbocycles. The van der Waals surface area contributed by atoms with Crippen molar-refractivity contribution in [2.45, 2.75) is 57.5 Å². The van der Waals surface area contributed by atoms with Gasteiger partial charge in [-0.3, -0.25) is 19.2 Å². The van der Waals surface area contributed by atoms with Gasteiger partial charge in [-0.05, 0) is 38.5 Å². The van der Waals surface area contributed by atoms with Crippen LogP contribution < -0.4 is 21.7 Å². The first-order valence-electron chi connectivity index (χ1n) is 9.27. The fraction of sp³-hybridized carbons (Fsp3) is 0.474. The number of hydrogen-bond acceptors (Lipinski definition) is 7. The second kappa shape index (κ2) is 11.1. The van der Waals surface area contributed by atoms with E-state index in [4.69, 9.17) is 10.8 Å². The van der Waals surface area contributed by atoms with Crippen molar-refractivity contribution in [2.24, 2.45) is 5.73 Å². The van der Waals surface area contributed by atoms with E-state index in [2.05, 4.69) is 16.0 Å². The van der Waals surface area contributed by atoms with Crippen LogP contribution in [0.25, 0.3) is 0 Å². The van der Waals surface area contributed by atoms with Gasteiger partial charge in [0.15, 0.2) is 0 Å². The summed E-state index contributed by atoms with van der Waals surface area (Å²) in [6.07, 6.45) is -1.32. The Balaban J connectivity index is 3.04. The average Bonchev–Trinajstić information content (AvgIpc) is 2.66. The predicted molar refractivity (Wildman–Crippen MR) is 106 cm³/mol. The number of nitrogens with two attached hydrogens (primary N) is 1. The lowest BCUT2D eigenvalue weighted by Crippen LogP contribution is -2.59. The molecular weight excluding hydrogens is 396 g/mol. The van der Waals surface area contributed by atoms with Gasteiger partial charge < -0.3 is 37.0 Å². The van der Waals surface area contributed by atoms with Crippen molar-refractivity contribution in [1.29, 1.82) is 0 Å². The lowest BCUT2D eigenvalue weighted by molar-refractivity contribution is -0.142. The third-order valence-corrected chi connectivity index (χ3v) is 4.21. The fourth-order valence-corrected chi connectivity index (χ4v) is 2.40. The van der Waals surface area contributed by atoms with Gasteiger partial charge in [-0.1, -0.05) is 12.1 Å². The van der Waals surface area contributed by atoms with E-state index in [1.807, 2.05) is 0 Å². The number of aliphatic hydroxyl groups is 1. The Labute approximate surface area is 173 Å². The molecule has 1 aromatic rings. The second-order valence-corrected chi connectivity index (χ2v) is 7.02. The van der Waals surface area contributed by atoms with Gasteiger partial charge in [0.05, 0.1) is 12.1 Å². The van der Waals surface area contributed by atoms with E-state index in [0.29, 0.717) is 5.56 Å². The minimum absolute atomic E-state index is 0.0103. The zero-order valence-electron chi connectivity index (χ0n) is 17.0. The summed E-state index contributed by atoms with van der Waals surface area (Å²) in [5.74, 6) is -3.54. The Morgan fingerprint density at radius 2 is 1.50 bits per heavy atom. The van der Waals surface area contributed by atoms with Crippen LogP contribution in [0.5, 0.6) is 5.75 Å². The van der Waals surface area contributed by atoms with E-state index in [-0.39, 0.29) is 12.2 Å². The maximum atomic E-state index is 12.7. The molecule has 3 amide bonds. The quantitative estimate of drug-likeness (QED) is 0.229. The van der Waals surface area contributed by atoms with Crippen LogP contribution in [0.2, 0.25) is 0 Å². The highest BCUT2D eigenvalue weighted by Crippen LogP contribution is 2.12. The van der Waals surface area contributed by atoms with Crippen LogP contribution in [0.3, 0.4) is 0 Å². The van der Waals surface area contributed by atoms with Gasteiger partial charge in [0.1, 0.15) is 23.9 Å². The number of aliphatic carboxylic acids is 1. The van der Waals surface area contributed by atoms with E-state index >= 15 is 0 Å². The van der Waals surface area contributed by atoms with Gasteiger partial charge in [-0.2, -0.15) is 0 Å². The molecule has 8 N–H and O–H groups in total. The first-order valence-corrected chi connectivity index (χ1v) is 9.27. The van der Waals surface area contributed by atoms with Gasteiger partial charge in [0.2, 0.25) is 17.7 Å². The van der Waals surface area contributed by atoms with Gasteiger partial charge >= 0.3 is 5.97 Å². The number of hydrogen-bond donors (Lipinski definition) is 7. The maximum Gasteiger partial charge on any atom is 0.325 e. The summed E-state index contributed by atoms with van der Waals surface area (Å²) >= 11 is 0. The first kappa shape index (κ1) is 24.9. The molecule has 30 heavy (non-hydrogen) atoms. The smallest absolute Gasteiger partial charge is 0.325 e.